The number of hydrogen-bond acceptors (Lipinski definition) is 5. The first-order valence-corrected chi connectivity index (χ1v) is 6.85. The summed E-state index contributed by atoms with van der Waals surface area (Å²) in [5, 5.41) is 9.26. The van der Waals surface area contributed by atoms with Gasteiger partial charge in [0.2, 0.25) is 0 Å². The van der Waals surface area contributed by atoms with Crippen LogP contribution in [-0.4, -0.2) is 69.4 Å². The zero-order valence-corrected chi connectivity index (χ0v) is 13.1. The van der Waals surface area contributed by atoms with Crippen molar-refractivity contribution >= 4 is 17.5 Å². The summed E-state index contributed by atoms with van der Waals surface area (Å²) in [5.74, 6) is -1.18. The van der Waals surface area contributed by atoms with E-state index in [4.69, 9.17) is 9.47 Å². The molecule has 7 heteroatoms. The molecular formula is C15H22N2O5. The molecule has 0 unspecified atom stereocenters. The van der Waals surface area contributed by atoms with E-state index in [1.54, 1.807) is 12.1 Å². The van der Waals surface area contributed by atoms with E-state index < -0.39 is 11.8 Å². The fraction of sp³-hybridized carbons (Fsp3) is 0.467. The van der Waals surface area contributed by atoms with Gasteiger partial charge in [-0.15, -0.1) is 0 Å². The normalized spacial score (nSPS) is 10.3. The van der Waals surface area contributed by atoms with Crippen molar-refractivity contribution in [3.63, 3.8) is 0 Å². The zero-order chi connectivity index (χ0) is 16.5. The summed E-state index contributed by atoms with van der Waals surface area (Å²) in [6.45, 7) is 1.30. The highest BCUT2D eigenvalue weighted by atomic mass is 16.5. The lowest BCUT2D eigenvalue weighted by Crippen LogP contribution is -2.46. The Balaban J connectivity index is 2.78. The Bertz CT molecular complexity index is 481. The second kappa shape index (κ2) is 9.01. The molecule has 1 N–H and O–H groups in total. The van der Waals surface area contributed by atoms with E-state index in [0.717, 1.165) is 0 Å². The molecule has 0 spiro atoms. The Morgan fingerprint density at radius 1 is 1.00 bits per heavy atom. The highest BCUT2D eigenvalue weighted by Gasteiger charge is 2.25. The number of aromatic hydroxyl groups is 1. The van der Waals surface area contributed by atoms with Crippen LogP contribution < -0.4 is 4.90 Å². The van der Waals surface area contributed by atoms with Gasteiger partial charge in [-0.25, -0.2) is 0 Å². The summed E-state index contributed by atoms with van der Waals surface area (Å²) in [4.78, 5) is 27.2. The maximum atomic E-state index is 12.3. The molecule has 0 saturated carbocycles. The molecule has 2 amide bonds. The van der Waals surface area contributed by atoms with Gasteiger partial charge in [-0.1, -0.05) is 0 Å². The highest BCUT2D eigenvalue weighted by Crippen LogP contribution is 2.17. The number of methoxy groups -OCH3 is 2. The zero-order valence-electron chi connectivity index (χ0n) is 13.1. The van der Waals surface area contributed by atoms with Crippen LogP contribution in [0.15, 0.2) is 24.3 Å². The van der Waals surface area contributed by atoms with Crippen molar-refractivity contribution in [1.82, 2.24) is 4.90 Å². The molecule has 0 radical (unpaired) electrons. The summed E-state index contributed by atoms with van der Waals surface area (Å²) in [5.41, 5.74) is 0.523. The topological polar surface area (TPSA) is 79.3 Å². The molecule has 122 valence electrons. The number of hydrogen-bond donors (Lipinski definition) is 1. The van der Waals surface area contributed by atoms with Crippen molar-refractivity contribution in [2.24, 2.45) is 0 Å². The van der Waals surface area contributed by atoms with Crippen LogP contribution in [0.4, 0.5) is 5.69 Å². The number of nitrogens with zero attached hydrogens (tertiary/aromatic N) is 2. The molecule has 1 aromatic rings. The number of ether oxygens (including phenoxy) is 2. The van der Waals surface area contributed by atoms with Crippen LogP contribution in [-0.2, 0) is 19.1 Å². The van der Waals surface area contributed by atoms with Crippen LogP contribution in [0.5, 0.6) is 5.75 Å². The standard InChI is InChI=1S/C15H22N2O5/c1-16(12-4-6-13(18)7-5-12)14(19)15(20)17(8-10-21-2)9-11-22-3/h4-7,18H,8-11H2,1-3H3. The number of likely N-dealkylation sites (N-methyl/N-ethyl adjacent to an activating group) is 1. The predicted octanol–water partition coefficient (Wildman–Crippen LogP) is 0.476. The molecule has 0 aliphatic carbocycles. The minimum atomic E-state index is -0.655. The molecule has 22 heavy (non-hydrogen) atoms. The van der Waals surface area contributed by atoms with Gasteiger partial charge in [-0.05, 0) is 24.3 Å². The van der Waals surface area contributed by atoms with Crippen LogP contribution in [0.25, 0.3) is 0 Å². The van der Waals surface area contributed by atoms with E-state index in [0.29, 0.717) is 32.0 Å². The van der Waals surface area contributed by atoms with E-state index in [1.165, 1.54) is 43.2 Å². The van der Waals surface area contributed by atoms with Gasteiger partial charge in [0.05, 0.1) is 13.2 Å². The molecule has 0 aromatic heterocycles. The number of carbonyl (C=O) groups excluding carboxylic acids is 2. The molecule has 0 aliphatic rings. The van der Waals surface area contributed by atoms with Crippen molar-refractivity contribution < 1.29 is 24.2 Å². The molecule has 1 aromatic carbocycles. The van der Waals surface area contributed by atoms with Crippen LogP contribution in [0, 0.1) is 0 Å². The summed E-state index contributed by atoms with van der Waals surface area (Å²) in [6.07, 6.45) is 0. The summed E-state index contributed by atoms with van der Waals surface area (Å²) < 4.78 is 9.91. The number of anilines is 1. The average molecular weight is 310 g/mol. The van der Waals surface area contributed by atoms with Crippen molar-refractivity contribution in [2.45, 2.75) is 0 Å². The monoisotopic (exact) mass is 310 g/mol. The minimum absolute atomic E-state index is 0.0951. The van der Waals surface area contributed by atoms with E-state index >= 15 is 0 Å². The van der Waals surface area contributed by atoms with Crippen LogP contribution >= 0.6 is 0 Å². The first kappa shape index (κ1) is 17.9. The van der Waals surface area contributed by atoms with Gasteiger partial charge in [0, 0.05) is 40.0 Å². The summed E-state index contributed by atoms with van der Waals surface area (Å²) in [7, 11) is 4.57. The minimum Gasteiger partial charge on any atom is -0.508 e. The Hall–Kier alpha value is -2.12. The fourth-order valence-electron chi connectivity index (χ4n) is 1.79. The van der Waals surface area contributed by atoms with Gasteiger partial charge in [0.25, 0.3) is 0 Å². The van der Waals surface area contributed by atoms with E-state index in [-0.39, 0.29) is 5.75 Å². The third-order valence-corrected chi connectivity index (χ3v) is 3.14. The molecular weight excluding hydrogens is 288 g/mol. The van der Waals surface area contributed by atoms with Gasteiger partial charge in [-0.2, -0.15) is 0 Å². The lowest BCUT2D eigenvalue weighted by molar-refractivity contribution is -0.145. The Morgan fingerprint density at radius 3 is 1.95 bits per heavy atom. The van der Waals surface area contributed by atoms with E-state index in [1.807, 2.05) is 0 Å². The number of phenolic OH excluding ortho intramolecular Hbond substituents is 1. The van der Waals surface area contributed by atoms with Gasteiger partial charge < -0.3 is 24.4 Å². The smallest absolute Gasteiger partial charge is 0.316 e. The first-order valence-electron chi connectivity index (χ1n) is 6.85. The van der Waals surface area contributed by atoms with Crippen LogP contribution in [0.2, 0.25) is 0 Å². The molecule has 0 bridgehead atoms. The van der Waals surface area contributed by atoms with Crippen molar-refractivity contribution in [3.8, 4) is 5.75 Å². The maximum absolute atomic E-state index is 12.3. The summed E-state index contributed by atoms with van der Waals surface area (Å²) >= 11 is 0. The van der Waals surface area contributed by atoms with Gasteiger partial charge in [-0.3, -0.25) is 9.59 Å². The molecule has 0 fully saturated rings. The Labute approximate surface area is 130 Å². The number of amides is 2. The first-order chi connectivity index (χ1) is 10.5. The van der Waals surface area contributed by atoms with E-state index in [9.17, 15) is 14.7 Å². The molecule has 0 aliphatic heterocycles. The third-order valence-electron chi connectivity index (χ3n) is 3.14. The molecule has 0 heterocycles. The predicted molar refractivity (Wildman–Crippen MR) is 81.8 cm³/mol. The van der Waals surface area contributed by atoms with E-state index in [2.05, 4.69) is 0 Å². The highest BCUT2D eigenvalue weighted by molar-refractivity contribution is 6.40. The SMILES string of the molecule is COCCN(CCOC)C(=O)C(=O)N(C)c1ccc(O)cc1. The van der Waals surface area contributed by atoms with Gasteiger partial charge in [0.15, 0.2) is 0 Å². The molecule has 7 nitrogen and oxygen atoms in total. The fourth-order valence-corrected chi connectivity index (χ4v) is 1.79. The Morgan fingerprint density at radius 2 is 1.50 bits per heavy atom. The van der Waals surface area contributed by atoms with Crippen molar-refractivity contribution in [2.75, 3.05) is 52.5 Å². The van der Waals surface area contributed by atoms with Crippen LogP contribution in [0.3, 0.4) is 0 Å². The van der Waals surface area contributed by atoms with Crippen molar-refractivity contribution in [1.29, 1.82) is 0 Å². The third kappa shape index (κ3) is 5.01. The van der Waals surface area contributed by atoms with Gasteiger partial charge in [0.1, 0.15) is 5.75 Å². The second-order valence-electron chi connectivity index (χ2n) is 4.66. The molecule has 0 atom stereocenters. The van der Waals surface area contributed by atoms with Gasteiger partial charge >= 0.3 is 11.8 Å². The maximum Gasteiger partial charge on any atom is 0.316 e. The summed E-state index contributed by atoms with van der Waals surface area (Å²) in [6, 6.07) is 6.04. The van der Waals surface area contributed by atoms with Crippen molar-refractivity contribution in [3.05, 3.63) is 24.3 Å². The average Bonchev–Trinajstić information content (AvgIpc) is 2.53. The number of benzene rings is 1. The molecule has 1 rings (SSSR count). The largest absolute Gasteiger partial charge is 0.508 e. The second-order valence-corrected chi connectivity index (χ2v) is 4.66. The lowest BCUT2D eigenvalue weighted by Gasteiger charge is -2.24. The molecule has 0 saturated heterocycles. The lowest BCUT2D eigenvalue weighted by atomic mass is 10.2. The Kier molecular flexibility index (Phi) is 7.34. The quantitative estimate of drug-likeness (QED) is 0.741. The van der Waals surface area contributed by atoms with Crippen LogP contribution in [0.1, 0.15) is 0 Å². The number of carbonyl (C=O) groups is 2. The number of rotatable bonds is 7. The number of phenols is 1.